The Morgan fingerprint density at radius 2 is 1.36 bits per heavy atom. The van der Waals surface area contributed by atoms with Crippen LogP contribution >= 0.6 is 0 Å². The van der Waals surface area contributed by atoms with Gasteiger partial charge < -0.3 is 10.6 Å². The van der Waals surface area contributed by atoms with Gasteiger partial charge in [-0.2, -0.15) is 0 Å². The van der Waals surface area contributed by atoms with Gasteiger partial charge in [0.1, 0.15) is 6.42 Å². The molecule has 0 saturated heterocycles. The van der Waals surface area contributed by atoms with Crippen LogP contribution in [0.15, 0.2) is 36.4 Å². The second-order valence-corrected chi connectivity index (χ2v) is 6.18. The lowest BCUT2D eigenvalue weighted by molar-refractivity contribution is -0.123. The highest BCUT2D eigenvalue weighted by molar-refractivity contribution is 6.08. The Morgan fingerprint density at radius 1 is 0.840 bits per heavy atom. The van der Waals surface area contributed by atoms with Crippen LogP contribution in [0.4, 0.5) is 11.4 Å². The van der Waals surface area contributed by atoms with Gasteiger partial charge in [0.25, 0.3) is 0 Å². The second kappa shape index (κ2) is 7.75. The number of amides is 2. The molecule has 0 aliphatic rings. The van der Waals surface area contributed by atoms with Crippen LogP contribution < -0.4 is 10.6 Å². The number of benzene rings is 2. The van der Waals surface area contributed by atoms with E-state index < -0.39 is 5.91 Å². The number of ketones is 1. The summed E-state index contributed by atoms with van der Waals surface area (Å²) < 4.78 is 0. The van der Waals surface area contributed by atoms with Crippen LogP contribution in [0.3, 0.4) is 0 Å². The van der Waals surface area contributed by atoms with Gasteiger partial charge >= 0.3 is 0 Å². The summed E-state index contributed by atoms with van der Waals surface area (Å²) in [6.45, 7) is 7.32. The van der Waals surface area contributed by atoms with Crippen molar-refractivity contribution in [2.45, 2.75) is 34.1 Å². The number of Topliss-reactive ketones (excluding diaryl/α,β-unsaturated/α-hetero) is 1. The topological polar surface area (TPSA) is 75.3 Å². The lowest BCUT2D eigenvalue weighted by atomic mass is 10.0. The third kappa shape index (κ3) is 5.01. The summed E-state index contributed by atoms with van der Waals surface area (Å²) in [4.78, 5) is 35.4. The molecule has 0 fully saturated rings. The molecule has 130 valence electrons. The van der Waals surface area contributed by atoms with Crippen molar-refractivity contribution < 1.29 is 14.4 Å². The summed E-state index contributed by atoms with van der Waals surface area (Å²) in [5, 5.41) is 5.45. The van der Waals surface area contributed by atoms with Gasteiger partial charge in [-0.15, -0.1) is 0 Å². The number of nitrogens with one attached hydrogen (secondary N) is 2. The average molecular weight is 338 g/mol. The van der Waals surface area contributed by atoms with Gasteiger partial charge in [0.2, 0.25) is 11.8 Å². The molecule has 2 aromatic carbocycles. The molecule has 0 saturated carbocycles. The Hall–Kier alpha value is -2.95. The van der Waals surface area contributed by atoms with Gasteiger partial charge in [0.15, 0.2) is 5.78 Å². The molecule has 2 aromatic rings. The van der Waals surface area contributed by atoms with E-state index in [-0.39, 0.29) is 18.1 Å². The quantitative estimate of drug-likeness (QED) is 0.643. The largest absolute Gasteiger partial charge is 0.326 e. The van der Waals surface area contributed by atoms with E-state index in [1.165, 1.54) is 6.92 Å². The number of anilines is 2. The maximum absolute atomic E-state index is 12.1. The SMILES string of the molecule is CC(=O)c1ccc(NC(=O)CC(=O)Nc2c(C)cc(C)cc2C)cc1. The molecule has 0 bridgehead atoms. The number of rotatable bonds is 5. The Kier molecular flexibility index (Phi) is 5.70. The van der Waals surface area contributed by atoms with Crippen molar-refractivity contribution in [3.63, 3.8) is 0 Å². The number of hydrogen-bond acceptors (Lipinski definition) is 3. The van der Waals surface area contributed by atoms with E-state index in [4.69, 9.17) is 0 Å². The highest BCUT2D eigenvalue weighted by atomic mass is 16.2. The third-order valence-electron chi connectivity index (χ3n) is 3.84. The smallest absolute Gasteiger partial charge is 0.233 e. The first-order valence-electron chi connectivity index (χ1n) is 8.05. The summed E-state index contributed by atoms with van der Waals surface area (Å²) in [6, 6.07) is 10.5. The van der Waals surface area contributed by atoms with Gasteiger partial charge in [-0.3, -0.25) is 14.4 Å². The molecule has 0 atom stereocenters. The second-order valence-electron chi connectivity index (χ2n) is 6.18. The van der Waals surface area contributed by atoms with Crippen LogP contribution in [0.25, 0.3) is 0 Å². The summed E-state index contributed by atoms with van der Waals surface area (Å²) >= 11 is 0. The van der Waals surface area contributed by atoms with Crippen LogP contribution in [0.2, 0.25) is 0 Å². The molecule has 2 N–H and O–H groups in total. The number of carbonyl (C=O) groups is 3. The molecular formula is C20H22N2O3. The zero-order chi connectivity index (χ0) is 18.6. The van der Waals surface area contributed by atoms with Gasteiger partial charge in [0, 0.05) is 16.9 Å². The van der Waals surface area contributed by atoms with Crippen LogP contribution in [-0.2, 0) is 9.59 Å². The van der Waals surface area contributed by atoms with Crippen LogP contribution in [-0.4, -0.2) is 17.6 Å². The fraction of sp³-hybridized carbons (Fsp3) is 0.250. The van der Waals surface area contributed by atoms with Crippen molar-refractivity contribution in [1.82, 2.24) is 0 Å². The molecule has 0 heterocycles. The minimum Gasteiger partial charge on any atom is -0.326 e. The maximum atomic E-state index is 12.1. The van der Waals surface area contributed by atoms with Gasteiger partial charge in [-0.25, -0.2) is 0 Å². The van der Waals surface area contributed by atoms with Crippen molar-refractivity contribution in [3.05, 3.63) is 58.7 Å². The zero-order valence-electron chi connectivity index (χ0n) is 14.9. The van der Waals surface area contributed by atoms with E-state index in [9.17, 15) is 14.4 Å². The fourth-order valence-electron chi connectivity index (χ4n) is 2.70. The summed E-state index contributed by atoms with van der Waals surface area (Å²) in [7, 11) is 0. The molecule has 0 spiro atoms. The Bertz CT molecular complexity index is 800. The van der Waals surface area contributed by atoms with E-state index in [1.807, 2.05) is 32.9 Å². The summed E-state index contributed by atoms with van der Waals surface area (Å²) in [5.41, 5.74) is 4.91. The van der Waals surface area contributed by atoms with Crippen LogP contribution in [0, 0.1) is 20.8 Å². The Labute approximate surface area is 147 Å². The third-order valence-corrected chi connectivity index (χ3v) is 3.84. The molecule has 0 aromatic heterocycles. The molecule has 2 rings (SSSR count). The molecule has 0 aliphatic carbocycles. The molecule has 2 amide bonds. The molecular weight excluding hydrogens is 316 g/mol. The number of carbonyl (C=O) groups excluding carboxylic acids is 3. The van der Waals surface area contributed by atoms with Gasteiger partial charge in [-0.1, -0.05) is 17.7 Å². The first kappa shape index (κ1) is 18.4. The average Bonchev–Trinajstić information content (AvgIpc) is 2.51. The molecule has 5 heteroatoms. The van der Waals surface area contributed by atoms with E-state index >= 15 is 0 Å². The Balaban J connectivity index is 1.96. The molecule has 25 heavy (non-hydrogen) atoms. The van der Waals surface area contributed by atoms with Crippen molar-refractivity contribution in [1.29, 1.82) is 0 Å². The van der Waals surface area contributed by atoms with E-state index in [0.29, 0.717) is 11.3 Å². The standard InChI is InChI=1S/C20H22N2O3/c1-12-9-13(2)20(14(3)10-12)22-19(25)11-18(24)21-17-7-5-16(6-8-17)15(4)23/h5-10H,11H2,1-4H3,(H,21,24)(H,22,25). The molecule has 0 radical (unpaired) electrons. The highest BCUT2D eigenvalue weighted by Crippen LogP contribution is 2.22. The van der Waals surface area contributed by atoms with Gasteiger partial charge in [0.05, 0.1) is 0 Å². The lowest BCUT2D eigenvalue weighted by Gasteiger charge is -2.13. The fourth-order valence-corrected chi connectivity index (χ4v) is 2.70. The lowest BCUT2D eigenvalue weighted by Crippen LogP contribution is -2.22. The summed E-state index contributed by atoms with van der Waals surface area (Å²) in [5.74, 6) is -0.815. The van der Waals surface area contributed by atoms with Crippen molar-refractivity contribution in [2.24, 2.45) is 0 Å². The predicted octanol–water partition coefficient (Wildman–Crippen LogP) is 3.78. The van der Waals surface area contributed by atoms with Gasteiger partial charge in [-0.05, 0) is 63.1 Å². The van der Waals surface area contributed by atoms with Crippen LogP contribution in [0.5, 0.6) is 0 Å². The molecule has 0 aliphatic heterocycles. The van der Waals surface area contributed by atoms with Crippen molar-refractivity contribution >= 4 is 29.0 Å². The zero-order valence-corrected chi connectivity index (χ0v) is 14.9. The van der Waals surface area contributed by atoms with Crippen LogP contribution in [0.1, 0.15) is 40.4 Å². The highest BCUT2D eigenvalue weighted by Gasteiger charge is 2.13. The Morgan fingerprint density at radius 3 is 1.88 bits per heavy atom. The predicted molar refractivity (Wildman–Crippen MR) is 99.0 cm³/mol. The normalized spacial score (nSPS) is 10.2. The summed E-state index contributed by atoms with van der Waals surface area (Å²) in [6.07, 6.45) is -0.277. The van der Waals surface area contributed by atoms with E-state index in [1.54, 1.807) is 24.3 Å². The van der Waals surface area contributed by atoms with Crippen molar-refractivity contribution in [2.75, 3.05) is 10.6 Å². The maximum Gasteiger partial charge on any atom is 0.233 e. The monoisotopic (exact) mass is 338 g/mol. The van der Waals surface area contributed by atoms with E-state index in [2.05, 4.69) is 10.6 Å². The van der Waals surface area contributed by atoms with E-state index in [0.717, 1.165) is 22.4 Å². The minimum atomic E-state index is -0.407. The van der Waals surface area contributed by atoms with Crippen molar-refractivity contribution in [3.8, 4) is 0 Å². The minimum absolute atomic E-state index is 0.0407. The number of hydrogen-bond donors (Lipinski definition) is 2. The molecule has 0 unspecified atom stereocenters. The first-order chi connectivity index (χ1) is 11.8. The number of aryl methyl sites for hydroxylation is 3. The first-order valence-corrected chi connectivity index (χ1v) is 8.05. The molecule has 5 nitrogen and oxygen atoms in total.